The molecule has 0 bridgehead atoms. The molecule has 7 heteroatoms. The fraction of sp³-hybridized carbons (Fsp3) is 0.333. The highest BCUT2D eigenvalue weighted by atomic mass is 16.2. The van der Waals surface area contributed by atoms with Crippen LogP contribution in [0.25, 0.3) is 22.3 Å². The van der Waals surface area contributed by atoms with Gasteiger partial charge in [-0.05, 0) is 80.8 Å². The van der Waals surface area contributed by atoms with Crippen LogP contribution in [0.2, 0.25) is 0 Å². The summed E-state index contributed by atoms with van der Waals surface area (Å²) in [5.41, 5.74) is 4.23. The highest BCUT2D eigenvalue weighted by molar-refractivity contribution is 5.98. The Bertz CT molecular complexity index is 1360. The molecule has 0 N–H and O–H groups in total. The van der Waals surface area contributed by atoms with Crippen molar-refractivity contribution in [3.63, 3.8) is 0 Å². The third kappa shape index (κ3) is 3.81. The number of hydrogen-bond acceptors (Lipinski definition) is 6. The number of aromatic nitrogens is 5. The Morgan fingerprint density at radius 3 is 2.65 bits per heavy atom. The summed E-state index contributed by atoms with van der Waals surface area (Å²) in [5.74, 6) is 0.509. The van der Waals surface area contributed by atoms with Gasteiger partial charge in [0.1, 0.15) is 5.69 Å². The number of carbonyl (C=O) groups is 1. The van der Waals surface area contributed by atoms with Gasteiger partial charge in [-0.2, -0.15) is 0 Å². The lowest BCUT2D eigenvalue weighted by atomic mass is 9.98. The van der Waals surface area contributed by atoms with E-state index in [1.165, 1.54) is 12.8 Å². The Kier molecular flexibility index (Phi) is 5.05. The molecule has 1 aliphatic heterocycles. The smallest absolute Gasteiger partial charge is 0.273 e. The maximum Gasteiger partial charge on any atom is 0.273 e. The molecule has 170 valence electrons. The summed E-state index contributed by atoms with van der Waals surface area (Å²) in [4.78, 5) is 38.5. The summed E-state index contributed by atoms with van der Waals surface area (Å²) in [6.07, 6.45) is 12.1. The Labute approximate surface area is 198 Å². The van der Waals surface area contributed by atoms with Crippen LogP contribution in [-0.2, 0) is 6.42 Å². The first-order chi connectivity index (χ1) is 16.6. The molecule has 7 nitrogen and oxygen atoms in total. The van der Waals surface area contributed by atoms with Gasteiger partial charge in [-0.25, -0.2) is 15.0 Å². The topological polar surface area (TPSA) is 84.8 Å². The van der Waals surface area contributed by atoms with Gasteiger partial charge in [0, 0.05) is 54.1 Å². The van der Waals surface area contributed by atoms with Crippen molar-refractivity contribution >= 4 is 16.8 Å². The molecule has 1 atom stereocenters. The fourth-order valence-electron chi connectivity index (χ4n) is 5.24. The molecule has 34 heavy (non-hydrogen) atoms. The van der Waals surface area contributed by atoms with Gasteiger partial charge in [0.2, 0.25) is 0 Å². The van der Waals surface area contributed by atoms with Crippen LogP contribution in [0.15, 0.2) is 61.2 Å². The van der Waals surface area contributed by atoms with Gasteiger partial charge >= 0.3 is 0 Å². The first kappa shape index (κ1) is 20.8. The monoisotopic (exact) mass is 450 g/mol. The summed E-state index contributed by atoms with van der Waals surface area (Å²) < 4.78 is 0. The summed E-state index contributed by atoms with van der Waals surface area (Å²) in [5, 5.41) is 1.09. The number of rotatable bonds is 5. The molecular formula is C27H26N6O. The highest BCUT2D eigenvalue weighted by Gasteiger charge is 2.53. The lowest BCUT2D eigenvalue weighted by Crippen LogP contribution is -2.37. The Balaban J connectivity index is 1.30. The molecule has 6 rings (SSSR count). The lowest BCUT2D eigenvalue weighted by molar-refractivity contribution is 0.0719. The third-order valence-corrected chi connectivity index (χ3v) is 7.20. The van der Waals surface area contributed by atoms with Crippen LogP contribution in [0.1, 0.15) is 47.6 Å². The van der Waals surface area contributed by atoms with E-state index in [0.29, 0.717) is 17.1 Å². The van der Waals surface area contributed by atoms with Crippen molar-refractivity contribution in [2.45, 2.75) is 45.1 Å². The van der Waals surface area contributed by atoms with Crippen molar-refractivity contribution < 1.29 is 4.79 Å². The maximum absolute atomic E-state index is 13.9. The fourth-order valence-corrected chi connectivity index (χ4v) is 5.24. The minimum absolute atomic E-state index is 0.0209. The van der Waals surface area contributed by atoms with E-state index in [1.54, 1.807) is 18.5 Å². The number of nitrogens with zero attached hydrogens (tertiary/aromatic N) is 6. The standard InChI is InChI=1S/C27H26N6O/c1-18-5-7-21(25-30-13-3-14-31-25)24(32-18)26(34)33-17-27(10-11-27)16-19(33)6-8-22-20-4-2-12-28-23(20)9-15-29-22/h2-5,7,9,12-15,19H,6,8,10-11,16-17H2,1H3/t19-/m1/s1. The average Bonchev–Trinajstić information content (AvgIpc) is 3.53. The second-order valence-corrected chi connectivity index (χ2v) is 9.58. The molecule has 2 fully saturated rings. The largest absolute Gasteiger partial charge is 0.334 e. The van der Waals surface area contributed by atoms with Crippen molar-refractivity contribution in [1.82, 2.24) is 29.8 Å². The molecule has 1 spiro atoms. The number of carbonyl (C=O) groups excluding carboxylic acids is 1. The molecule has 1 saturated heterocycles. The first-order valence-corrected chi connectivity index (χ1v) is 11.9. The van der Waals surface area contributed by atoms with Gasteiger partial charge in [-0.3, -0.25) is 14.8 Å². The molecule has 1 aliphatic carbocycles. The molecule has 5 heterocycles. The third-order valence-electron chi connectivity index (χ3n) is 7.20. The summed E-state index contributed by atoms with van der Waals surface area (Å²) in [6, 6.07) is 11.7. The second-order valence-electron chi connectivity index (χ2n) is 9.58. The predicted molar refractivity (Wildman–Crippen MR) is 129 cm³/mol. The molecule has 0 unspecified atom stereocenters. The number of aryl methyl sites for hydroxylation is 2. The van der Waals surface area contributed by atoms with Crippen LogP contribution in [0.4, 0.5) is 0 Å². The van der Waals surface area contributed by atoms with Crippen molar-refractivity contribution in [2.24, 2.45) is 5.41 Å². The Hall–Kier alpha value is -3.74. The number of hydrogen-bond donors (Lipinski definition) is 0. The van der Waals surface area contributed by atoms with E-state index in [4.69, 9.17) is 0 Å². The van der Waals surface area contributed by atoms with Crippen LogP contribution in [0, 0.1) is 12.3 Å². The predicted octanol–water partition coefficient (Wildman–Crippen LogP) is 4.42. The number of amides is 1. The number of pyridine rings is 3. The molecule has 4 aromatic rings. The van der Waals surface area contributed by atoms with Gasteiger partial charge < -0.3 is 4.90 Å². The number of likely N-dealkylation sites (tertiary alicyclic amines) is 1. The van der Waals surface area contributed by atoms with E-state index < -0.39 is 0 Å². The van der Waals surface area contributed by atoms with E-state index >= 15 is 0 Å². The zero-order valence-electron chi connectivity index (χ0n) is 19.2. The normalized spacial score (nSPS) is 18.5. The van der Waals surface area contributed by atoms with Gasteiger partial charge in [0.05, 0.1) is 11.1 Å². The van der Waals surface area contributed by atoms with Crippen molar-refractivity contribution in [2.75, 3.05) is 6.54 Å². The average molecular weight is 451 g/mol. The molecule has 1 saturated carbocycles. The van der Waals surface area contributed by atoms with E-state index in [-0.39, 0.29) is 17.4 Å². The quantitative estimate of drug-likeness (QED) is 0.448. The minimum Gasteiger partial charge on any atom is -0.334 e. The van der Waals surface area contributed by atoms with Crippen LogP contribution in [0.5, 0.6) is 0 Å². The van der Waals surface area contributed by atoms with Crippen LogP contribution in [0.3, 0.4) is 0 Å². The summed E-state index contributed by atoms with van der Waals surface area (Å²) in [7, 11) is 0. The molecule has 0 radical (unpaired) electrons. The van der Waals surface area contributed by atoms with Gasteiger partial charge in [0.15, 0.2) is 5.82 Å². The Morgan fingerprint density at radius 2 is 1.82 bits per heavy atom. The first-order valence-electron chi connectivity index (χ1n) is 11.9. The zero-order chi connectivity index (χ0) is 23.1. The maximum atomic E-state index is 13.9. The molecule has 1 amide bonds. The van der Waals surface area contributed by atoms with Crippen molar-refractivity contribution in [3.8, 4) is 11.4 Å². The van der Waals surface area contributed by atoms with Crippen molar-refractivity contribution in [1.29, 1.82) is 0 Å². The van der Waals surface area contributed by atoms with E-state index in [1.807, 2.05) is 43.6 Å². The van der Waals surface area contributed by atoms with Gasteiger partial charge in [-0.15, -0.1) is 0 Å². The highest BCUT2D eigenvalue weighted by Crippen LogP contribution is 2.55. The Morgan fingerprint density at radius 1 is 1.00 bits per heavy atom. The molecule has 2 aliphatic rings. The molecular weight excluding hydrogens is 424 g/mol. The van der Waals surface area contributed by atoms with Crippen LogP contribution in [-0.4, -0.2) is 48.3 Å². The van der Waals surface area contributed by atoms with E-state index in [0.717, 1.165) is 48.1 Å². The van der Waals surface area contributed by atoms with Crippen LogP contribution >= 0.6 is 0 Å². The minimum atomic E-state index is -0.0209. The number of fused-ring (bicyclic) bond motifs is 1. The van der Waals surface area contributed by atoms with E-state index in [9.17, 15) is 4.79 Å². The second kappa shape index (κ2) is 8.24. The zero-order valence-corrected chi connectivity index (χ0v) is 19.2. The lowest BCUT2D eigenvalue weighted by Gasteiger charge is -2.25. The van der Waals surface area contributed by atoms with Gasteiger partial charge in [-0.1, -0.05) is 0 Å². The summed E-state index contributed by atoms with van der Waals surface area (Å²) in [6.45, 7) is 2.71. The SMILES string of the molecule is Cc1ccc(-c2ncccn2)c(C(=O)N2CC3(CC3)C[C@H]2CCc2nccc3ncccc23)n1. The molecule has 0 aromatic carbocycles. The van der Waals surface area contributed by atoms with E-state index in [2.05, 4.69) is 35.9 Å². The van der Waals surface area contributed by atoms with Crippen molar-refractivity contribution in [3.05, 3.63) is 78.3 Å². The molecule has 4 aromatic heterocycles. The van der Waals surface area contributed by atoms with Crippen LogP contribution < -0.4 is 0 Å². The van der Waals surface area contributed by atoms with Gasteiger partial charge in [0.25, 0.3) is 5.91 Å². The summed E-state index contributed by atoms with van der Waals surface area (Å²) >= 11 is 0.